The zero-order valence-corrected chi connectivity index (χ0v) is 9.10. The third kappa shape index (κ3) is 5.27. The summed E-state index contributed by atoms with van der Waals surface area (Å²) in [6.45, 7) is 8.13. The van der Waals surface area contributed by atoms with Gasteiger partial charge in [-0.15, -0.1) is 0 Å². The fourth-order valence-corrected chi connectivity index (χ4v) is 1.77. The largest absolute Gasteiger partial charge is 0.315 e. The Morgan fingerprint density at radius 3 is 3.00 bits per heavy atom. The summed E-state index contributed by atoms with van der Waals surface area (Å²) in [7, 11) is 0. The maximum absolute atomic E-state index is 3.63. The van der Waals surface area contributed by atoms with E-state index in [1.165, 1.54) is 38.8 Å². The summed E-state index contributed by atoms with van der Waals surface area (Å²) in [6.07, 6.45) is 5.39. The third-order valence-corrected chi connectivity index (χ3v) is 2.70. The lowest BCUT2D eigenvalue weighted by Gasteiger charge is -2.16. The first-order valence-electron chi connectivity index (χ1n) is 5.73. The molecule has 1 fully saturated rings. The van der Waals surface area contributed by atoms with Gasteiger partial charge in [0.25, 0.3) is 0 Å². The second-order valence-electron chi connectivity index (χ2n) is 4.53. The van der Waals surface area contributed by atoms with Gasteiger partial charge in [-0.1, -0.05) is 20.3 Å². The minimum Gasteiger partial charge on any atom is -0.315 e. The zero-order chi connectivity index (χ0) is 9.52. The van der Waals surface area contributed by atoms with Crippen molar-refractivity contribution in [2.45, 2.75) is 45.6 Å². The van der Waals surface area contributed by atoms with Gasteiger partial charge in [0.15, 0.2) is 0 Å². The molecule has 1 aliphatic rings. The van der Waals surface area contributed by atoms with Crippen molar-refractivity contribution in [1.29, 1.82) is 0 Å². The van der Waals surface area contributed by atoms with Crippen LogP contribution in [0.25, 0.3) is 0 Å². The first-order chi connectivity index (χ1) is 6.29. The van der Waals surface area contributed by atoms with Crippen LogP contribution in [0, 0.1) is 5.92 Å². The summed E-state index contributed by atoms with van der Waals surface area (Å²) in [4.78, 5) is 0. The van der Waals surface area contributed by atoms with Gasteiger partial charge in [-0.25, -0.2) is 0 Å². The molecule has 2 heteroatoms. The van der Waals surface area contributed by atoms with E-state index in [1.807, 2.05) is 0 Å². The maximum Gasteiger partial charge on any atom is 0.0192 e. The number of hydrogen-bond donors (Lipinski definition) is 2. The molecule has 0 radical (unpaired) electrons. The van der Waals surface area contributed by atoms with Crippen LogP contribution >= 0.6 is 0 Å². The standard InChI is InChI=1S/C11H24N2/c1-10(2)6-8-13-11-5-3-4-7-12-9-11/h10-13H,3-9H2,1-2H3/t11-/m0/s1. The van der Waals surface area contributed by atoms with Gasteiger partial charge in [0.2, 0.25) is 0 Å². The average Bonchev–Trinajstić information content (AvgIpc) is 2.32. The molecule has 1 aliphatic heterocycles. The first kappa shape index (κ1) is 11.0. The van der Waals surface area contributed by atoms with Crippen molar-refractivity contribution in [2.24, 2.45) is 5.92 Å². The first-order valence-corrected chi connectivity index (χ1v) is 5.73. The highest BCUT2D eigenvalue weighted by Gasteiger charge is 2.10. The Kier molecular flexibility index (Phi) is 5.40. The summed E-state index contributed by atoms with van der Waals surface area (Å²) in [5.41, 5.74) is 0. The Labute approximate surface area is 82.5 Å². The van der Waals surface area contributed by atoms with Crippen molar-refractivity contribution in [3.63, 3.8) is 0 Å². The molecule has 1 heterocycles. The van der Waals surface area contributed by atoms with Gasteiger partial charge >= 0.3 is 0 Å². The molecule has 1 saturated heterocycles. The van der Waals surface area contributed by atoms with Crippen LogP contribution in [-0.2, 0) is 0 Å². The Morgan fingerprint density at radius 2 is 2.23 bits per heavy atom. The summed E-state index contributed by atoms with van der Waals surface area (Å²) >= 11 is 0. The van der Waals surface area contributed by atoms with Gasteiger partial charge in [-0.2, -0.15) is 0 Å². The minimum atomic E-state index is 0.723. The maximum atomic E-state index is 3.63. The molecule has 0 unspecified atom stereocenters. The van der Waals surface area contributed by atoms with Crippen LogP contribution < -0.4 is 10.6 Å². The van der Waals surface area contributed by atoms with E-state index in [-0.39, 0.29) is 0 Å². The predicted molar refractivity (Wildman–Crippen MR) is 58.0 cm³/mol. The molecule has 0 bridgehead atoms. The third-order valence-electron chi connectivity index (χ3n) is 2.70. The van der Waals surface area contributed by atoms with Crippen LogP contribution in [0.3, 0.4) is 0 Å². The predicted octanol–water partition coefficient (Wildman–Crippen LogP) is 1.76. The van der Waals surface area contributed by atoms with Gasteiger partial charge in [-0.05, 0) is 38.3 Å². The van der Waals surface area contributed by atoms with E-state index in [9.17, 15) is 0 Å². The van der Waals surface area contributed by atoms with Crippen LogP contribution in [0.4, 0.5) is 0 Å². The molecule has 1 atom stereocenters. The second kappa shape index (κ2) is 6.39. The molecule has 13 heavy (non-hydrogen) atoms. The van der Waals surface area contributed by atoms with Crippen molar-refractivity contribution >= 4 is 0 Å². The molecule has 0 amide bonds. The smallest absolute Gasteiger partial charge is 0.0192 e. The van der Waals surface area contributed by atoms with Crippen LogP contribution in [0.2, 0.25) is 0 Å². The Bertz CT molecular complexity index is 115. The highest BCUT2D eigenvalue weighted by Crippen LogP contribution is 2.04. The molecular weight excluding hydrogens is 160 g/mol. The van der Waals surface area contributed by atoms with Gasteiger partial charge in [0.05, 0.1) is 0 Å². The van der Waals surface area contributed by atoms with E-state index in [0.717, 1.165) is 18.5 Å². The highest BCUT2D eigenvalue weighted by molar-refractivity contribution is 4.73. The number of nitrogens with one attached hydrogen (secondary N) is 2. The van der Waals surface area contributed by atoms with Crippen molar-refractivity contribution in [2.75, 3.05) is 19.6 Å². The lowest BCUT2D eigenvalue weighted by Crippen LogP contribution is -2.37. The molecule has 78 valence electrons. The van der Waals surface area contributed by atoms with E-state index >= 15 is 0 Å². The Morgan fingerprint density at radius 1 is 1.38 bits per heavy atom. The van der Waals surface area contributed by atoms with E-state index in [0.29, 0.717) is 0 Å². The van der Waals surface area contributed by atoms with E-state index in [2.05, 4.69) is 24.5 Å². The van der Waals surface area contributed by atoms with Crippen LogP contribution in [-0.4, -0.2) is 25.7 Å². The molecule has 0 aromatic rings. The van der Waals surface area contributed by atoms with Crippen molar-refractivity contribution in [3.05, 3.63) is 0 Å². The summed E-state index contributed by atoms with van der Waals surface area (Å²) in [6, 6.07) is 0.723. The molecule has 0 spiro atoms. The van der Waals surface area contributed by atoms with E-state index in [1.54, 1.807) is 0 Å². The molecule has 0 saturated carbocycles. The lowest BCUT2D eigenvalue weighted by atomic mass is 10.1. The molecule has 2 nitrogen and oxygen atoms in total. The van der Waals surface area contributed by atoms with E-state index in [4.69, 9.17) is 0 Å². The minimum absolute atomic E-state index is 0.723. The Balaban J connectivity index is 2.05. The van der Waals surface area contributed by atoms with Crippen molar-refractivity contribution in [3.8, 4) is 0 Å². The summed E-state index contributed by atoms with van der Waals surface area (Å²) in [5, 5.41) is 7.10. The average molecular weight is 184 g/mol. The topological polar surface area (TPSA) is 24.1 Å². The fraction of sp³-hybridized carbons (Fsp3) is 1.00. The van der Waals surface area contributed by atoms with Crippen molar-refractivity contribution in [1.82, 2.24) is 10.6 Å². The normalized spacial score (nSPS) is 24.7. The van der Waals surface area contributed by atoms with Gasteiger partial charge < -0.3 is 10.6 Å². The fourth-order valence-electron chi connectivity index (χ4n) is 1.77. The number of rotatable bonds is 4. The molecule has 1 rings (SSSR count). The van der Waals surface area contributed by atoms with Crippen molar-refractivity contribution < 1.29 is 0 Å². The lowest BCUT2D eigenvalue weighted by molar-refractivity contribution is 0.444. The van der Waals surface area contributed by atoms with Crippen LogP contribution in [0.1, 0.15) is 39.5 Å². The molecule has 0 aromatic carbocycles. The second-order valence-corrected chi connectivity index (χ2v) is 4.53. The van der Waals surface area contributed by atoms with Gasteiger partial charge in [-0.3, -0.25) is 0 Å². The summed E-state index contributed by atoms with van der Waals surface area (Å²) < 4.78 is 0. The summed E-state index contributed by atoms with van der Waals surface area (Å²) in [5.74, 6) is 0.825. The molecular formula is C11H24N2. The SMILES string of the molecule is CC(C)CCN[C@H]1CCCCNC1. The molecule has 0 aromatic heterocycles. The highest BCUT2D eigenvalue weighted by atomic mass is 15.0. The Hall–Kier alpha value is -0.0800. The van der Waals surface area contributed by atoms with Crippen LogP contribution in [0.5, 0.6) is 0 Å². The monoisotopic (exact) mass is 184 g/mol. The zero-order valence-electron chi connectivity index (χ0n) is 9.10. The quantitative estimate of drug-likeness (QED) is 0.696. The molecule has 0 aliphatic carbocycles. The van der Waals surface area contributed by atoms with Gasteiger partial charge in [0.1, 0.15) is 0 Å². The van der Waals surface area contributed by atoms with Gasteiger partial charge in [0, 0.05) is 12.6 Å². The molecule has 2 N–H and O–H groups in total. The number of hydrogen-bond acceptors (Lipinski definition) is 2. The van der Waals surface area contributed by atoms with Crippen LogP contribution in [0.15, 0.2) is 0 Å². The van der Waals surface area contributed by atoms with E-state index < -0.39 is 0 Å².